The van der Waals surface area contributed by atoms with Crippen LogP contribution in [0.3, 0.4) is 0 Å². The molecule has 1 saturated heterocycles. The average Bonchev–Trinajstić information content (AvgIpc) is 3.18. The van der Waals surface area contributed by atoms with Gasteiger partial charge in [0.1, 0.15) is 6.54 Å². The Bertz CT molecular complexity index is 961. The van der Waals surface area contributed by atoms with Gasteiger partial charge >= 0.3 is 5.97 Å². The summed E-state index contributed by atoms with van der Waals surface area (Å²) in [7, 11) is 0. The lowest BCUT2D eigenvalue weighted by atomic mass is 10.2. The van der Waals surface area contributed by atoms with Crippen LogP contribution in [0.25, 0.3) is 0 Å². The zero-order valence-electron chi connectivity index (χ0n) is 16.0. The van der Waals surface area contributed by atoms with Crippen LogP contribution in [-0.4, -0.2) is 43.4 Å². The van der Waals surface area contributed by atoms with Gasteiger partial charge in [-0.1, -0.05) is 23.7 Å². The van der Waals surface area contributed by atoms with Crippen molar-refractivity contribution >= 4 is 46.7 Å². The Kier molecular flexibility index (Phi) is 7.03. The minimum atomic E-state index is -0.753. The molecular weight excluding hydrogens is 410 g/mol. The summed E-state index contributed by atoms with van der Waals surface area (Å²) in [6, 6.07) is 13.2. The number of halogens is 1. The van der Waals surface area contributed by atoms with Crippen LogP contribution in [0.5, 0.6) is 0 Å². The standard InChI is InChI=1S/C21H20ClN3O5/c22-16-4-1-2-5-17(16)24-18(26)13-30-20(28)12-23-21(29)14-7-9-15(10-8-14)25-11-3-6-19(25)27/h1-2,4-5,7-10H,3,6,11-13H2,(H,23,29)(H,24,26). The van der Waals surface area contributed by atoms with Crippen molar-refractivity contribution in [1.82, 2.24) is 5.32 Å². The molecule has 3 rings (SSSR count). The lowest BCUT2D eigenvalue weighted by Crippen LogP contribution is -2.32. The molecule has 0 saturated carbocycles. The summed E-state index contributed by atoms with van der Waals surface area (Å²) in [5.41, 5.74) is 1.49. The number of carbonyl (C=O) groups excluding carboxylic acids is 4. The van der Waals surface area contributed by atoms with Gasteiger partial charge in [-0.25, -0.2) is 0 Å². The molecular formula is C21H20ClN3O5. The number of anilines is 2. The molecule has 8 nitrogen and oxygen atoms in total. The number of para-hydroxylation sites is 1. The Labute approximate surface area is 178 Å². The third kappa shape index (κ3) is 5.57. The molecule has 0 spiro atoms. The first-order valence-corrected chi connectivity index (χ1v) is 9.70. The summed E-state index contributed by atoms with van der Waals surface area (Å²) in [6.45, 7) is -0.219. The van der Waals surface area contributed by atoms with Crippen LogP contribution < -0.4 is 15.5 Å². The molecule has 0 aromatic heterocycles. The van der Waals surface area contributed by atoms with Crippen molar-refractivity contribution in [1.29, 1.82) is 0 Å². The van der Waals surface area contributed by atoms with Gasteiger partial charge in [-0.2, -0.15) is 0 Å². The Morgan fingerprint density at radius 1 is 1.07 bits per heavy atom. The van der Waals surface area contributed by atoms with Crippen LogP contribution in [0.1, 0.15) is 23.2 Å². The maximum absolute atomic E-state index is 12.2. The molecule has 1 aliphatic heterocycles. The molecule has 9 heteroatoms. The van der Waals surface area contributed by atoms with Gasteiger partial charge in [0.15, 0.2) is 6.61 Å². The van der Waals surface area contributed by atoms with Gasteiger partial charge < -0.3 is 20.3 Å². The summed E-state index contributed by atoms with van der Waals surface area (Å²) in [6.07, 6.45) is 1.35. The molecule has 2 N–H and O–H groups in total. The third-order valence-corrected chi connectivity index (χ3v) is 4.75. The molecule has 0 radical (unpaired) electrons. The molecule has 2 aromatic rings. The fourth-order valence-corrected chi connectivity index (χ4v) is 3.10. The maximum Gasteiger partial charge on any atom is 0.325 e. The van der Waals surface area contributed by atoms with Crippen LogP contribution in [0, 0.1) is 0 Å². The second kappa shape index (κ2) is 9.89. The van der Waals surface area contributed by atoms with Crippen molar-refractivity contribution in [2.75, 3.05) is 29.9 Å². The molecule has 0 atom stereocenters. The smallest absolute Gasteiger partial charge is 0.325 e. The Morgan fingerprint density at radius 2 is 1.80 bits per heavy atom. The molecule has 3 amide bonds. The highest BCUT2D eigenvalue weighted by Crippen LogP contribution is 2.22. The SMILES string of the molecule is O=C(COC(=O)CNC(=O)c1ccc(N2CCCC2=O)cc1)Nc1ccccc1Cl. The maximum atomic E-state index is 12.2. The number of amides is 3. The third-order valence-electron chi connectivity index (χ3n) is 4.42. The van der Waals surface area contributed by atoms with Gasteiger partial charge in [0.25, 0.3) is 11.8 Å². The highest BCUT2D eigenvalue weighted by molar-refractivity contribution is 6.33. The van der Waals surface area contributed by atoms with E-state index in [0.29, 0.717) is 29.2 Å². The van der Waals surface area contributed by atoms with E-state index < -0.39 is 24.4 Å². The molecule has 30 heavy (non-hydrogen) atoms. The van der Waals surface area contributed by atoms with E-state index in [1.165, 1.54) is 0 Å². The molecule has 1 fully saturated rings. The van der Waals surface area contributed by atoms with E-state index in [0.717, 1.165) is 12.1 Å². The number of rotatable bonds is 7. The zero-order valence-corrected chi connectivity index (χ0v) is 16.8. The number of esters is 1. The van der Waals surface area contributed by atoms with Crippen molar-refractivity contribution < 1.29 is 23.9 Å². The minimum absolute atomic E-state index is 0.0634. The van der Waals surface area contributed by atoms with E-state index in [2.05, 4.69) is 10.6 Å². The summed E-state index contributed by atoms with van der Waals surface area (Å²) in [4.78, 5) is 49.2. The monoisotopic (exact) mass is 429 g/mol. The second-order valence-electron chi connectivity index (χ2n) is 6.57. The van der Waals surface area contributed by atoms with E-state index in [9.17, 15) is 19.2 Å². The number of carbonyl (C=O) groups is 4. The predicted molar refractivity (Wildman–Crippen MR) is 111 cm³/mol. The summed E-state index contributed by atoms with van der Waals surface area (Å²) >= 11 is 5.94. The van der Waals surface area contributed by atoms with E-state index in [1.807, 2.05) is 0 Å². The lowest BCUT2D eigenvalue weighted by molar-refractivity contribution is -0.146. The van der Waals surface area contributed by atoms with Crippen molar-refractivity contribution in [3.05, 3.63) is 59.1 Å². The topological polar surface area (TPSA) is 105 Å². The van der Waals surface area contributed by atoms with Crippen LogP contribution >= 0.6 is 11.6 Å². The molecule has 2 aromatic carbocycles. The Morgan fingerprint density at radius 3 is 2.47 bits per heavy atom. The number of nitrogens with zero attached hydrogens (tertiary/aromatic N) is 1. The predicted octanol–water partition coefficient (Wildman–Crippen LogP) is 2.38. The molecule has 1 heterocycles. The molecule has 156 valence electrons. The van der Waals surface area contributed by atoms with Gasteiger partial charge in [-0.15, -0.1) is 0 Å². The number of benzene rings is 2. The van der Waals surface area contributed by atoms with Crippen molar-refractivity contribution in [2.24, 2.45) is 0 Å². The van der Waals surface area contributed by atoms with Crippen LogP contribution in [-0.2, 0) is 19.1 Å². The number of nitrogens with one attached hydrogen (secondary N) is 2. The summed E-state index contributed by atoms with van der Waals surface area (Å²) < 4.78 is 4.85. The zero-order chi connectivity index (χ0) is 21.5. The number of ether oxygens (including phenoxy) is 1. The van der Waals surface area contributed by atoms with Gasteiger partial charge in [0.05, 0.1) is 10.7 Å². The number of hydrogen-bond acceptors (Lipinski definition) is 5. The van der Waals surface area contributed by atoms with E-state index in [-0.39, 0.29) is 12.5 Å². The molecule has 0 bridgehead atoms. The first-order valence-electron chi connectivity index (χ1n) is 9.32. The van der Waals surface area contributed by atoms with E-state index in [1.54, 1.807) is 53.4 Å². The Balaban J connectivity index is 1.42. The van der Waals surface area contributed by atoms with Gasteiger partial charge in [-0.3, -0.25) is 19.2 Å². The molecule has 0 aliphatic carbocycles. The van der Waals surface area contributed by atoms with Gasteiger partial charge in [0, 0.05) is 24.2 Å². The highest BCUT2D eigenvalue weighted by Gasteiger charge is 2.21. The fourth-order valence-electron chi connectivity index (χ4n) is 2.91. The average molecular weight is 430 g/mol. The van der Waals surface area contributed by atoms with Crippen molar-refractivity contribution in [2.45, 2.75) is 12.8 Å². The first kappa shape index (κ1) is 21.3. The van der Waals surface area contributed by atoms with Crippen LogP contribution in [0.2, 0.25) is 5.02 Å². The quantitative estimate of drug-likeness (QED) is 0.657. The van der Waals surface area contributed by atoms with E-state index in [4.69, 9.17) is 16.3 Å². The minimum Gasteiger partial charge on any atom is -0.454 e. The first-order chi connectivity index (χ1) is 14.4. The highest BCUT2D eigenvalue weighted by atomic mass is 35.5. The van der Waals surface area contributed by atoms with Crippen LogP contribution in [0.15, 0.2) is 48.5 Å². The number of hydrogen-bond donors (Lipinski definition) is 2. The Hall–Kier alpha value is -3.39. The lowest BCUT2D eigenvalue weighted by Gasteiger charge is -2.15. The molecule has 1 aliphatic rings. The summed E-state index contributed by atoms with van der Waals surface area (Å²) in [5.74, 6) is -1.70. The van der Waals surface area contributed by atoms with Crippen LogP contribution in [0.4, 0.5) is 11.4 Å². The van der Waals surface area contributed by atoms with Crippen molar-refractivity contribution in [3.8, 4) is 0 Å². The normalized spacial score (nSPS) is 13.1. The van der Waals surface area contributed by atoms with Crippen molar-refractivity contribution in [3.63, 3.8) is 0 Å². The van der Waals surface area contributed by atoms with E-state index >= 15 is 0 Å². The van der Waals surface area contributed by atoms with Gasteiger partial charge in [-0.05, 0) is 42.8 Å². The van der Waals surface area contributed by atoms with Gasteiger partial charge in [0.2, 0.25) is 5.91 Å². The molecule has 0 unspecified atom stereocenters. The fraction of sp³-hybridized carbons (Fsp3) is 0.238. The summed E-state index contributed by atoms with van der Waals surface area (Å²) in [5, 5.41) is 5.32. The largest absolute Gasteiger partial charge is 0.454 e. The second-order valence-corrected chi connectivity index (χ2v) is 6.97.